The van der Waals surface area contributed by atoms with Gasteiger partial charge in [0, 0.05) is 18.7 Å². The predicted octanol–water partition coefficient (Wildman–Crippen LogP) is 2.25. The van der Waals surface area contributed by atoms with Crippen LogP contribution in [0, 0.1) is 0 Å². The number of ether oxygens (including phenoxy) is 1. The summed E-state index contributed by atoms with van der Waals surface area (Å²) in [4.78, 5) is 24.3. The molecule has 28 heavy (non-hydrogen) atoms. The van der Waals surface area contributed by atoms with Crippen molar-refractivity contribution in [3.63, 3.8) is 0 Å². The standard InChI is InChI=1S/C19H20N2O6S/c1-27-16-8-7-13(11-19(23)24)10-17(16)28(25,26)20-14-4-2-5-15(12-14)21-9-3-6-18(21)22/h2,4-5,7-8,10,12,20H,3,6,9,11H2,1H3,(H,23,24). The first-order chi connectivity index (χ1) is 13.3. The molecule has 0 aliphatic carbocycles. The molecule has 1 fully saturated rings. The molecule has 0 spiro atoms. The molecule has 0 unspecified atom stereocenters. The molecule has 0 aromatic heterocycles. The highest BCUT2D eigenvalue weighted by Gasteiger charge is 2.24. The monoisotopic (exact) mass is 404 g/mol. The van der Waals surface area contributed by atoms with E-state index in [1.807, 2.05) is 0 Å². The van der Waals surface area contributed by atoms with Crippen molar-refractivity contribution in [2.45, 2.75) is 24.2 Å². The summed E-state index contributed by atoms with van der Waals surface area (Å²) in [6.07, 6.45) is 0.935. The van der Waals surface area contributed by atoms with Gasteiger partial charge >= 0.3 is 5.97 Å². The Morgan fingerprint density at radius 1 is 1.25 bits per heavy atom. The van der Waals surface area contributed by atoms with E-state index in [1.165, 1.54) is 25.3 Å². The number of nitrogens with zero attached hydrogens (tertiary/aromatic N) is 1. The van der Waals surface area contributed by atoms with E-state index in [0.29, 0.717) is 29.9 Å². The zero-order valence-electron chi connectivity index (χ0n) is 15.2. The Hall–Kier alpha value is -3.07. The van der Waals surface area contributed by atoms with Crippen LogP contribution in [-0.4, -0.2) is 39.1 Å². The predicted molar refractivity (Wildman–Crippen MR) is 103 cm³/mol. The Morgan fingerprint density at radius 2 is 2.04 bits per heavy atom. The lowest BCUT2D eigenvalue weighted by atomic mass is 10.1. The van der Waals surface area contributed by atoms with Gasteiger partial charge in [-0.25, -0.2) is 8.42 Å². The van der Waals surface area contributed by atoms with Crippen molar-refractivity contribution in [2.24, 2.45) is 0 Å². The summed E-state index contributed by atoms with van der Waals surface area (Å²) in [6.45, 7) is 0.597. The van der Waals surface area contributed by atoms with Crippen LogP contribution in [0.3, 0.4) is 0 Å². The number of aliphatic carboxylic acids is 1. The molecule has 3 rings (SSSR count). The number of carboxylic acids is 1. The maximum absolute atomic E-state index is 12.9. The Balaban J connectivity index is 1.92. The van der Waals surface area contributed by atoms with Crippen molar-refractivity contribution in [3.8, 4) is 5.75 Å². The summed E-state index contributed by atoms with van der Waals surface area (Å²) in [5, 5.41) is 8.95. The van der Waals surface area contributed by atoms with Gasteiger partial charge in [0.05, 0.1) is 19.2 Å². The molecule has 1 heterocycles. The van der Waals surface area contributed by atoms with Gasteiger partial charge in [0.2, 0.25) is 5.91 Å². The highest BCUT2D eigenvalue weighted by Crippen LogP contribution is 2.29. The van der Waals surface area contributed by atoms with Crippen molar-refractivity contribution in [2.75, 3.05) is 23.3 Å². The molecular formula is C19H20N2O6S. The molecule has 0 atom stereocenters. The van der Waals surface area contributed by atoms with E-state index in [-0.39, 0.29) is 23.0 Å². The van der Waals surface area contributed by atoms with E-state index in [9.17, 15) is 18.0 Å². The number of hydrogen-bond acceptors (Lipinski definition) is 5. The molecule has 8 nitrogen and oxygen atoms in total. The second kappa shape index (κ2) is 7.89. The van der Waals surface area contributed by atoms with Gasteiger partial charge < -0.3 is 14.7 Å². The third-order valence-corrected chi connectivity index (χ3v) is 5.76. The first-order valence-corrected chi connectivity index (χ1v) is 10.1. The molecule has 9 heteroatoms. The van der Waals surface area contributed by atoms with Crippen molar-refractivity contribution >= 4 is 33.3 Å². The van der Waals surface area contributed by atoms with Crippen LogP contribution in [0.4, 0.5) is 11.4 Å². The summed E-state index contributed by atoms with van der Waals surface area (Å²) < 4.78 is 33.4. The molecule has 148 valence electrons. The maximum atomic E-state index is 12.9. The van der Waals surface area contributed by atoms with Gasteiger partial charge in [-0.15, -0.1) is 0 Å². The topological polar surface area (TPSA) is 113 Å². The van der Waals surface area contributed by atoms with Crippen LogP contribution in [0.1, 0.15) is 18.4 Å². The van der Waals surface area contributed by atoms with E-state index < -0.39 is 16.0 Å². The van der Waals surface area contributed by atoms with Crippen molar-refractivity contribution in [1.82, 2.24) is 0 Å². The zero-order valence-corrected chi connectivity index (χ0v) is 16.0. The van der Waals surface area contributed by atoms with E-state index in [2.05, 4.69) is 4.72 Å². The maximum Gasteiger partial charge on any atom is 0.307 e. The number of anilines is 2. The van der Waals surface area contributed by atoms with Crippen LogP contribution in [0.5, 0.6) is 5.75 Å². The number of benzene rings is 2. The average Bonchev–Trinajstić information content (AvgIpc) is 3.07. The third kappa shape index (κ3) is 4.25. The molecule has 0 bridgehead atoms. The Labute approximate surface area is 162 Å². The Bertz CT molecular complexity index is 1020. The number of carboxylic acid groups (broad SMARTS) is 1. The minimum atomic E-state index is -4.04. The van der Waals surface area contributed by atoms with Gasteiger partial charge in [0.1, 0.15) is 10.6 Å². The number of methoxy groups -OCH3 is 1. The quantitative estimate of drug-likeness (QED) is 0.732. The minimum absolute atomic E-state index is 0.00282. The lowest BCUT2D eigenvalue weighted by molar-refractivity contribution is -0.136. The van der Waals surface area contributed by atoms with E-state index in [1.54, 1.807) is 29.2 Å². The summed E-state index contributed by atoms with van der Waals surface area (Å²) in [5.74, 6) is -0.958. The van der Waals surface area contributed by atoms with Gasteiger partial charge in [-0.05, 0) is 42.3 Å². The molecule has 1 aliphatic rings. The highest BCUT2D eigenvalue weighted by atomic mass is 32.2. The van der Waals surface area contributed by atoms with Gasteiger partial charge in [-0.3, -0.25) is 14.3 Å². The minimum Gasteiger partial charge on any atom is -0.495 e. The van der Waals surface area contributed by atoms with Crippen molar-refractivity contribution in [3.05, 3.63) is 48.0 Å². The number of nitrogens with one attached hydrogen (secondary N) is 1. The molecule has 0 saturated carbocycles. The number of sulfonamides is 1. The number of hydrogen-bond donors (Lipinski definition) is 2. The third-order valence-electron chi connectivity index (χ3n) is 4.36. The molecule has 1 amide bonds. The molecule has 2 aromatic carbocycles. The first kappa shape index (κ1) is 19.7. The van der Waals surface area contributed by atoms with Crippen LogP contribution >= 0.6 is 0 Å². The van der Waals surface area contributed by atoms with E-state index in [4.69, 9.17) is 9.84 Å². The number of rotatable bonds is 7. The smallest absolute Gasteiger partial charge is 0.307 e. The normalized spacial score (nSPS) is 14.2. The number of amides is 1. The lowest BCUT2D eigenvalue weighted by Crippen LogP contribution is -2.23. The fourth-order valence-corrected chi connectivity index (χ4v) is 4.35. The fraction of sp³-hybridized carbons (Fsp3) is 0.263. The largest absolute Gasteiger partial charge is 0.495 e. The van der Waals surface area contributed by atoms with Crippen molar-refractivity contribution < 1.29 is 27.9 Å². The molecule has 2 aromatic rings. The van der Waals surface area contributed by atoms with Crippen LogP contribution in [0.25, 0.3) is 0 Å². The fourth-order valence-electron chi connectivity index (χ4n) is 3.08. The van der Waals surface area contributed by atoms with Gasteiger partial charge in [0.15, 0.2) is 0 Å². The SMILES string of the molecule is COc1ccc(CC(=O)O)cc1S(=O)(=O)Nc1cccc(N2CCCC2=O)c1. The van der Waals surface area contributed by atoms with Crippen LogP contribution in [0.15, 0.2) is 47.4 Å². The Kier molecular flexibility index (Phi) is 5.55. The highest BCUT2D eigenvalue weighted by molar-refractivity contribution is 7.92. The summed E-state index contributed by atoms with van der Waals surface area (Å²) in [7, 11) is -2.70. The average molecular weight is 404 g/mol. The van der Waals surface area contributed by atoms with Crippen LogP contribution in [-0.2, 0) is 26.0 Å². The van der Waals surface area contributed by atoms with Crippen LogP contribution in [0.2, 0.25) is 0 Å². The van der Waals surface area contributed by atoms with Gasteiger partial charge in [-0.2, -0.15) is 0 Å². The van der Waals surface area contributed by atoms with E-state index in [0.717, 1.165) is 6.42 Å². The van der Waals surface area contributed by atoms with Gasteiger partial charge in [-0.1, -0.05) is 12.1 Å². The summed E-state index contributed by atoms with van der Waals surface area (Å²) >= 11 is 0. The first-order valence-electron chi connectivity index (χ1n) is 8.62. The summed E-state index contributed by atoms with van der Waals surface area (Å²) in [5.41, 5.74) is 1.25. The van der Waals surface area contributed by atoms with Crippen molar-refractivity contribution in [1.29, 1.82) is 0 Å². The number of carbonyl (C=O) groups excluding carboxylic acids is 1. The van der Waals surface area contributed by atoms with Crippen LogP contribution < -0.4 is 14.4 Å². The zero-order chi connectivity index (χ0) is 20.3. The Morgan fingerprint density at radius 3 is 2.68 bits per heavy atom. The second-order valence-electron chi connectivity index (χ2n) is 6.36. The number of carbonyl (C=O) groups is 2. The molecule has 2 N–H and O–H groups in total. The summed E-state index contributed by atoms with van der Waals surface area (Å²) in [6, 6.07) is 10.8. The molecule has 1 saturated heterocycles. The van der Waals surface area contributed by atoms with E-state index >= 15 is 0 Å². The second-order valence-corrected chi connectivity index (χ2v) is 8.01. The van der Waals surface area contributed by atoms with Gasteiger partial charge in [0.25, 0.3) is 10.0 Å². The lowest BCUT2D eigenvalue weighted by Gasteiger charge is -2.17. The molecular weight excluding hydrogens is 384 g/mol. The molecule has 1 aliphatic heterocycles. The molecule has 0 radical (unpaired) electrons.